The zero-order valence-electron chi connectivity index (χ0n) is 10.9. The molecule has 2 aromatic heterocycles. The Balaban J connectivity index is 1.82. The first-order valence-electron chi connectivity index (χ1n) is 6.35. The van der Waals surface area contributed by atoms with Crippen molar-refractivity contribution in [2.45, 2.75) is 33.1 Å². The molecule has 0 saturated carbocycles. The Morgan fingerprint density at radius 2 is 2.26 bits per heavy atom. The SMILES string of the molecule is Cc1cc(NC(=O)c2noc3c2CC(C)CC3)no1. The molecule has 1 N–H and O–H groups in total. The van der Waals surface area contributed by atoms with Crippen LogP contribution in [0.25, 0.3) is 0 Å². The molecule has 19 heavy (non-hydrogen) atoms. The maximum atomic E-state index is 12.1. The lowest BCUT2D eigenvalue weighted by atomic mass is 9.88. The smallest absolute Gasteiger partial charge is 0.279 e. The number of rotatable bonds is 2. The van der Waals surface area contributed by atoms with Gasteiger partial charge in [-0.25, -0.2) is 0 Å². The van der Waals surface area contributed by atoms with Crippen molar-refractivity contribution < 1.29 is 13.8 Å². The van der Waals surface area contributed by atoms with Gasteiger partial charge in [-0.05, 0) is 25.7 Å². The van der Waals surface area contributed by atoms with Crippen LogP contribution < -0.4 is 5.32 Å². The first-order valence-corrected chi connectivity index (χ1v) is 6.35. The summed E-state index contributed by atoms with van der Waals surface area (Å²) < 4.78 is 10.1. The summed E-state index contributed by atoms with van der Waals surface area (Å²) in [6.07, 6.45) is 2.75. The van der Waals surface area contributed by atoms with Crippen molar-refractivity contribution in [3.05, 3.63) is 28.8 Å². The molecule has 0 radical (unpaired) electrons. The van der Waals surface area contributed by atoms with E-state index in [1.807, 2.05) is 0 Å². The highest BCUT2D eigenvalue weighted by atomic mass is 16.5. The van der Waals surface area contributed by atoms with Crippen LogP contribution in [0, 0.1) is 12.8 Å². The van der Waals surface area contributed by atoms with Crippen LogP contribution >= 0.6 is 0 Å². The van der Waals surface area contributed by atoms with Crippen molar-refractivity contribution >= 4 is 11.7 Å². The summed E-state index contributed by atoms with van der Waals surface area (Å²) in [6, 6.07) is 1.66. The standard InChI is InChI=1S/C13H15N3O3/c1-7-3-4-10-9(5-7)12(16-19-10)13(17)14-11-6-8(2)18-15-11/h6-7H,3-5H2,1-2H3,(H,14,15,17). The molecule has 2 aromatic rings. The number of nitrogens with one attached hydrogen (secondary N) is 1. The molecular formula is C13H15N3O3. The number of nitrogens with zero attached hydrogens (tertiary/aromatic N) is 2. The monoisotopic (exact) mass is 261 g/mol. The van der Waals surface area contributed by atoms with Crippen LogP contribution in [0.5, 0.6) is 0 Å². The third-order valence-corrected chi connectivity index (χ3v) is 3.37. The molecular weight excluding hydrogens is 246 g/mol. The van der Waals surface area contributed by atoms with E-state index >= 15 is 0 Å². The van der Waals surface area contributed by atoms with E-state index < -0.39 is 0 Å². The highest BCUT2D eigenvalue weighted by Crippen LogP contribution is 2.28. The van der Waals surface area contributed by atoms with E-state index in [2.05, 4.69) is 22.6 Å². The topological polar surface area (TPSA) is 81.2 Å². The predicted molar refractivity (Wildman–Crippen MR) is 66.9 cm³/mol. The van der Waals surface area contributed by atoms with Crippen LogP contribution in [-0.4, -0.2) is 16.2 Å². The number of aryl methyl sites for hydroxylation is 2. The summed E-state index contributed by atoms with van der Waals surface area (Å²) in [5.74, 6) is 2.12. The van der Waals surface area contributed by atoms with Gasteiger partial charge in [-0.1, -0.05) is 17.2 Å². The lowest BCUT2D eigenvalue weighted by molar-refractivity contribution is 0.101. The van der Waals surface area contributed by atoms with Gasteiger partial charge in [-0.2, -0.15) is 0 Å². The van der Waals surface area contributed by atoms with Crippen LogP contribution in [0.1, 0.15) is 40.9 Å². The number of aromatic nitrogens is 2. The van der Waals surface area contributed by atoms with Gasteiger partial charge in [0, 0.05) is 18.1 Å². The number of carbonyl (C=O) groups is 1. The van der Waals surface area contributed by atoms with Gasteiger partial charge in [0.2, 0.25) is 0 Å². The molecule has 3 rings (SSSR count). The predicted octanol–water partition coefficient (Wildman–Crippen LogP) is 2.35. The second-order valence-electron chi connectivity index (χ2n) is 5.06. The number of amides is 1. The average Bonchev–Trinajstić information content (AvgIpc) is 2.95. The molecule has 0 saturated heterocycles. The lowest BCUT2D eigenvalue weighted by Crippen LogP contribution is -2.18. The van der Waals surface area contributed by atoms with Gasteiger partial charge in [0.1, 0.15) is 11.5 Å². The fourth-order valence-corrected chi connectivity index (χ4v) is 2.36. The van der Waals surface area contributed by atoms with Gasteiger partial charge in [-0.3, -0.25) is 4.79 Å². The first-order chi connectivity index (χ1) is 9.13. The van der Waals surface area contributed by atoms with Crippen LogP contribution in [0.4, 0.5) is 5.82 Å². The Bertz CT molecular complexity index is 614. The van der Waals surface area contributed by atoms with E-state index in [0.717, 1.165) is 30.6 Å². The maximum Gasteiger partial charge on any atom is 0.279 e. The summed E-state index contributed by atoms with van der Waals surface area (Å²) in [4.78, 5) is 12.1. The highest BCUT2D eigenvalue weighted by Gasteiger charge is 2.27. The van der Waals surface area contributed by atoms with Gasteiger partial charge in [0.15, 0.2) is 11.5 Å². The minimum absolute atomic E-state index is 0.299. The second kappa shape index (κ2) is 4.53. The van der Waals surface area contributed by atoms with E-state index in [1.54, 1.807) is 13.0 Å². The Labute approximate surface area is 110 Å². The molecule has 100 valence electrons. The van der Waals surface area contributed by atoms with Crippen LogP contribution in [0.15, 0.2) is 15.1 Å². The summed E-state index contributed by atoms with van der Waals surface area (Å²) >= 11 is 0. The quantitative estimate of drug-likeness (QED) is 0.897. The van der Waals surface area contributed by atoms with Crippen molar-refractivity contribution in [2.24, 2.45) is 5.92 Å². The highest BCUT2D eigenvalue weighted by molar-refractivity contribution is 6.03. The fraction of sp³-hybridized carbons (Fsp3) is 0.462. The van der Waals surface area contributed by atoms with Gasteiger partial charge in [0.25, 0.3) is 5.91 Å². The molecule has 1 atom stereocenters. The Morgan fingerprint density at radius 3 is 3.00 bits per heavy atom. The van der Waals surface area contributed by atoms with Crippen molar-refractivity contribution in [3.8, 4) is 0 Å². The van der Waals surface area contributed by atoms with Crippen molar-refractivity contribution in [2.75, 3.05) is 5.32 Å². The Kier molecular flexibility index (Phi) is 2.85. The largest absolute Gasteiger partial charge is 0.360 e. The van der Waals surface area contributed by atoms with E-state index in [4.69, 9.17) is 9.05 Å². The molecule has 0 spiro atoms. The summed E-state index contributed by atoms with van der Waals surface area (Å²) in [5, 5.41) is 10.3. The van der Waals surface area contributed by atoms with E-state index in [-0.39, 0.29) is 5.91 Å². The van der Waals surface area contributed by atoms with Crippen LogP contribution in [0.2, 0.25) is 0 Å². The third-order valence-electron chi connectivity index (χ3n) is 3.37. The Morgan fingerprint density at radius 1 is 1.42 bits per heavy atom. The summed E-state index contributed by atoms with van der Waals surface area (Å²) in [5.41, 5.74) is 1.29. The molecule has 6 heteroatoms. The van der Waals surface area contributed by atoms with Gasteiger partial charge in [-0.15, -0.1) is 0 Å². The van der Waals surface area contributed by atoms with E-state index in [9.17, 15) is 4.79 Å². The number of fused-ring (bicyclic) bond motifs is 1. The van der Waals surface area contributed by atoms with E-state index in [1.165, 1.54) is 0 Å². The Hall–Kier alpha value is -2.11. The molecule has 1 aliphatic rings. The zero-order chi connectivity index (χ0) is 13.4. The second-order valence-corrected chi connectivity index (χ2v) is 5.06. The average molecular weight is 261 g/mol. The van der Waals surface area contributed by atoms with Crippen LogP contribution in [0.3, 0.4) is 0 Å². The summed E-state index contributed by atoms with van der Waals surface area (Å²) in [7, 11) is 0. The minimum atomic E-state index is -0.299. The number of carbonyl (C=O) groups excluding carboxylic acids is 1. The molecule has 1 aliphatic carbocycles. The van der Waals surface area contributed by atoms with Gasteiger partial charge < -0.3 is 14.4 Å². The molecule has 0 aliphatic heterocycles. The summed E-state index contributed by atoms with van der Waals surface area (Å²) in [6.45, 7) is 3.93. The third kappa shape index (κ3) is 2.25. The van der Waals surface area contributed by atoms with Crippen LogP contribution in [-0.2, 0) is 12.8 Å². The zero-order valence-corrected chi connectivity index (χ0v) is 10.9. The normalized spacial score (nSPS) is 18.1. The molecule has 2 heterocycles. The molecule has 0 bridgehead atoms. The van der Waals surface area contributed by atoms with Crippen molar-refractivity contribution in [1.29, 1.82) is 0 Å². The van der Waals surface area contributed by atoms with Gasteiger partial charge in [0.05, 0.1) is 0 Å². The molecule has 1 amide bonds. The number of anilines is 1. The molecule has 0 fully saturated rings. The van der Waals surface area contributed by atoms with Gasteiger partial charge >= 0.3 is 0 Å². The maximum absolute atomic E-state index is 12.1. The molecule has 6 nitrogen and oxygen atoms in total. The first kappa shape index (κ1) is 12.0. The van der Waals surface area contributed by atoms with Crippen molar-refractivity contribution in [3.63, 3.8) is 0 Å². The number of hydrogen-bond donors (Lipinski definition) is 1. The number of hydrogen-bond acceptors (Lipinski definition) is 5. The minimum Gasteiger partial charge on any atom is -0.360 e. The van der Waals surface area contributed by atoms with E-state index in [0.29, 0.717) is 23.2 Å². The molecule has 1 unspecified atom stereocenters. The van der Waals surface area contributed by atoms with Crippen molar-refractivity contribution in [1.82, 2.24) is 10.3 Å². The fourth-order valence-electron chi connectivity index (χ4n) is 2.36. The molecule has 0 aromatic carbocycles. The lowest BCUT2D eigenvalue weighted by Gasteiger charge is -2.16.